The summed E-state index contributed by atoms with van der Waals surface area (Å²) in [4.78, 5) is 30.5. The van der Waals surface area contributed by atoms with Crippen LogP contribution < -0.4 is 5.32 Å². The molecule has 1 saturated carbocycles. The van der Waals surface area contributed by atoms with E-state index in [2.05, 4.69) is 17.2 Å². The van der Waals surface area contributed by atoms with Crippen LogP contribution in [0.1, 0.15) is 24.6 Å². The third-order valence-corrected chi connectivity index (χ3v) is 6.75. The van der Waals surface area contributed by atoms with Crippen molar-refractivity contribution in [2.24, 2.45) is 23.7 Å². The second-order valence-corrected chi connectivity index (χ2v) is 8.26. The first kappa shape index (κ1) is 17.9. The number of anilines is 1. The number of nitrogens with zero attached hydrogens (tertiary/aromatic N) is 1. The number of thiazole rings is 1. The fraction of sp³-hybridized carbons (Fsp3) is 0.381. The number of aliphatic carboxylic acids is 1. The number of allylic oxidation sites excluding steroid dienone is 2. The Balaban J connectivity index is 1.59. The molecule has 0 saturated heterocycles. The second kappa shape index (κ2) is 7.27. The fourth-order valence-electron chi connectivity index (χ4n) is 4.34. The lowest BCUT2D eigenvalue weighted by Crippen LogP contribution is -2.47. The van der Waals surface area contributed by atoms with Crippen molar-refractivity contribution in [2.75, 3.05) is 5.32 Å². The highest BCUT2D eigenvalue weighted by atomic mass is 32.1. The summed E-state index contributed by atoms with van der Waals surface area (Å²) in [5.74, 6) is -2.33. The van der Waals surface area contributed by atoms with Gasteiger partial charge in [-0.25, -0.2) is 4.98 Å². The number of carbonyl (C=O) groups is 2. The molecule has 5 rings (SSSR count). The summed E-state index contributed by atoms with van der Waals surface area (Å²) < 4.78 is 0. The smallest absolute Gasteiger partial charge is 0.307 e. The summed E-state index contributed by atoms with van der Waals surface area (Å²) in [5, 5.41) is 13.1. The number of hydrogen-bond donors (Lipinski definition) is 2. The average molecular weight is 382 g/mol. The molecule has 5 nitrogen and oxygen atoms in total. The van der Waals surface area contributed by atoms with Crippen molar-refractivity contribution in [3.8, 4) is 11.3 Å². The van der Waals surface area contributed by atoms with Crippen molar-refractivity contribution >= 4 is 28.3 Å². The van der Waals surface area contributed by atoms with Gasteiger partial charge < -0.3 is 10.4 Å². The Bertz CT molecular complexity index is 890. The highest BCUT2D eigenvalue weighted by Gasteiger charge is 2.48. The van der Waals surface area contributed by atoms with Crippen LogP contribution in [0.3, 0.4) is 0 Å². The van der Waals surface area contributed by atoms with Crippen molar-refractivity contribution in [1.29, 1.82) is 0 Å². The molecule has 1 heterocycles. The molecule has 0 spiro atoms. The maximum absolute atomic E-state index is 13.0. The van der Waals surface area contributed by atoms with Crippen molar-refractivity contribution in [2.45, 2.75) is 26.2 Å². The van der Waals surface area contributed by atoms with E-state index in [1.807, 2.05) is 42.5 Å². The Morgan fingerprint density at radius 1 is 1.15 bits per heavy atom. The lowest BCUT2D eigenvalue weighted by Gasteiger charge is -2.41. The van der Waals surface area contributed by atoms with Crippen molar-refractivity contribution in [1.82, 2.24) is 4.98 Å². The molecule has 1 fully saturated rings. The number of hydrogen-bond acceptors (Lipinski definition) is 4. The minimum atomic E-state index is -0.882. The van der Waals surface area contributed by atoms with Gasteiger partial charge in [-0.15, -0.1) is 11.3 Å². The van der Waals surface area contributed by atoms with Crippen molar-refractivity contribution in [3.05, 3.63) is 47.4 Å². The first-order chi connectivity index (χ1) is 13.1. The normalized spacial score (nSPS) is 26.1. The van der Waals surface area contributed by atoms with Crippen LogP contribution in [0, 0.1) is 23.7 Å². The van der Waals surface area contributed by atoms with E-state index in [4.69, 9.17) is 0 Å². The van der Waals surface area contributed by atoms with Gasteiger partial charge in [-0.3, -0.25) is 9.59 Å². The zero-order chi connectivity index (χ0) is 19.0. The number of aryl methyl sites for hydroxylation is 1. The molecule has 140 valence electrons. The lowest BCUT2D eigenvalue weighted by atomic mass is 9.62. The SMILES string of the molecule is CCc1sc(NC(=O)[C@H]2[C@@H](C(=O)O)[C@H]3C=C[C@H]2CC3)nc1-c1ccccc1. The number of benzene rings is 1. The standard InChI is InChI=1S/C21H22N2O3S/c1-2-15-18(14-6-4-3-5-7-14)22-21(27-15)23-19(24)16-12-8-10-13(11-9-12)17(16)20(25)26/h3-8,10,12-13,16-17H,2,9,11H2,1H3,(H,25,26)(H,22,23,24)/t12-,13-,16+,17-/m0/s1. The Labute approximate surface area is 162 Å². The number of fused-ring (bicyclic) bond motifs is 2. The first-order valence-electron chi connectivity index (χ1n) is 9.35. The summed E-state index contributed by atoms with van der Waals surface area (Å²) in [6, 6.07) is 9.90. The molecule has 0 aliphatic heterocycles. The number of nitrogens with one attached hydrogen (secondary N) is 1. The first-order valence-corrected chi connectivity index (χ1v) is 10.2. The van der Waals surface area contributed by atoms with E-state index in [0.717, 1.165) is 35.4 Å². The molecule has 0 unspecified atom stereocenters. The van der Waals surface area contributed by atoms with Gasteiger partial charge in [0.2, 0.25) is 5.91 Å². The third-order valence-electron chi connectivity index (χ3n) is 5.63. The minimum absolute atomic E-state index is 0.00435. The Morgan fingerprint density at radius 2 is 1.81 bits per heavy atom. The van der Waals surface area contributed by atoms with Crippen LogP contribution in [-0.2, 0) is 16.0 Å². The lowest BCUT2D eigenvalue weighted by molar-refractivity contribution is -0.151. The maximum atomic E-state index is 13.0. The number of rotatable bonds is 5. The Morgan fingerprint density at radius 3 is 2.41 bits per heavy atom. The van der Waals surface area contributed by atoms with Gasteiger partial charge in [0.1, 0.15) is 0 Å². The monoisotopic (exact) mass is 382 g/mol. The molecule has 27 heavy (non-hydrogen) atoms. The molecule has 1 amide bonds. The van der Waals surface area contributed by atoms with Gasteiger partial charge in [-0.05, 0) is 31.1 Å². The number of amides is 1. The van der Waals surface area contributed by atoms with Gasteiger partial charge in [0.15, 0.2) is 5.13 Å². The van der Waals surface area contributed by atoms with E-state index in [1.165, 1.54) is 11.3 Å². The van der Waals surface area contributed by atoms with E-state index in [-0.39, 0.29) is 17.7 Å². The number of carboxylic acids is 1. The molecule has 2 bridgehead atoms. The summed E-state index contributed by atoms with van der Waals surface area (Å²) >= 11 is 1.47. The zero-order valence-corrected chi connectivity index (χ0v) is 15.9. The topological polar surface area (TPSA) is 79.3 Å². The summed E-state index contributed by atoms with van der Waals surface area (Å²) in [6.07, 6.45) is 6.54. The van der Waals surface area contributed by atoms with Gasteiger partial charge in [0.05, 0.1) is 17.5 Å². The van der Waals surface area contributed by atoms with E-state index < -0.39 is 17.8 Å². The Hall–Kier alpha value is -2.47. The summed E-state index contributed by atoms with van der Waals surface area (Å²) in [6.45, 7) is 2.07. The molecule has 4 atom stereocenters. The molecule has 1 aromatic heterocycles. The number of aromatic nitrogens is 1. The van der Waals surface area contributed by atoms with Crippen molar-refractivity contribution in [3.63, 3.8) is 0 Å². The van der Waals surface area contributed by atoms with Crippen LogP contribution in [0.4, 0.5) is 5.13 Å². The number of carboxylic acid groups (broad SMARTS) is 1. The fourth-order valence-corrected chi connectivity index (χ4v) is 5.27. The largest absolute Gasteiger partial charge is 0.481 e. The Kier molecular flexibility index (Phi) is 4.83. The van der Waals surface area contributed by atoms with E-state index in [9.17, 15) is 14.7 Å². The molecule has 6 heteroatoms. The predicted octanol–water partition coefficient (Wildman–Crippen LogP) is 4.22. The molecule has 3 aliphatic rings. The molecule has 0 radical (unpaired) electrons. The van der Waals surface area contributed by atoms with Crippen molar-refractivity contribution < 1.29 is 14.7 Å². The summed E-state index contributed by atoms with van der Waals surface area (Å²) in [5.41, 5.74) is 1.91. The predicted molar refractivity (Wildman–Crippen MR) is 106 cm³/mol. The molecular weight excluding hydrogens is 360 g/mol. The molecule has 3 aliphatic carbocycles. The van der Waals surface area contributed by atoms with Gasteiger partial charge in [-0.1, -0.05) is 49.4 Å². The van der Waals surface area contributed by atoms with Crippen LogP contribution in [0.25, 0.3) is 11.3 Å². The molecule has 2 N–H and O–H groups in total. The van der Waals surface area contributed by atoms with Crippen LogP contribution in [0.15, 0.2) is 42.5 Å². The number of carbonyl (C=O) groups excluding carboxylic acids is 1. The molecular formula is C21H22N2O3S. The van der Waals surface area contributed by atoms with Crippen LogP contribution in [0.2, 0.25) is 0 Å². The average Bonchev–Trinajstić information content (AvgIpc) is 3.11. The van der Waals surface area contributed by atoms with E-state index >= 15 is 0 Å². The second-order valence-electron chi connectivity index (χ2n) is 7.18. The van der Waals surface area contributed by atoms with Gasteiger partial charge in [-0.2, -0.15) is 0 Å². The van der Waals surface area contributed by atoms with Gasteiger partial charge >= 0.3 is 5.97 Å². The molecule has 2 aromatic rings. The van der Waals surface area contributed by atoms with Crippen LogP contribution in [0.5, 0.6) is 0 Å². The highest BCUT2D eigenvalue weighted by Crippen LogP contribution is 2.45. The van der Waals surface area contributed by atoms with Gasteiger partial charge in [0.25, 0.3) is 0 Å². The third kappa shape index (κ3) is 3.30. The zero-order valence-electron chi connectivity index (χ0n) is 15.1. The summed E-state index contributed by atoms with van der Waals surface area (Å²) in [7, 11) is 0. The van der Waals surface area contributed by atoms with Crippen LogP contribution >= 0.6 is 11.3 Å². The minimum Gasteiger partial charge on any atom is -0.481 e. The highest BCUT2D eigenvalue weighted by molar-refractivity contribution is 7.16. The van der Waals surface area contributed by atoms with E-state index in [0.29, 0.717) is 5.13 Å². The maximum Gasteiger partial charge on any atom is 0.307 e. The molecule has 1 aromatic carbocycles. The van der Waals surface area contributed by atoms with Crippen LogP contribution in [-0.4, -0.2) is 22.0 Å². The van der Waals surface area contributed by atoms with E-state index in [1.54, 1.807) is 0 Å². The van der Waals surface area contributed by atoms with Gasteiger partial charge in [0, 0.05) is 10.4 Å². The quantitative estimate of drug-likeness (QED) is 0.759.